The van der Waals surface area contributed by atoms with Gasteiger partial charge in [-0.2, -0.15) is 0 Å². The molecule has 0 saturated heterocycles. The molecule has 1 atom stereocenters. The maximum absolute atomic E-state index is 12.5. The first-order valence-corrected chi connectivity index (χ1v) is 11.9. The van der Waals surface area contributed by atoms with E-state index in [9.17, 15) is 13.2 Å². The van der Waals surface area contributed by atoms with Crippen LogP contribution >= 0.6 is 22.6 Å². The standard InChI is InChI=1S/C21H27IN2O3S/c1-15(16-6-8-17(9-7-16)21(2,3)4)23-20(25)14-24(28(5,26)27)19-12-10-18(22)11-13-19/h6-13,15H,14H2,1-5H3,(H,23,25). The molecule has 0 fully saturated rings. The van der Waals surface area contributed by atoms with E-state index in [0.717, 1.165) is 19.7 Å². The first-order valence-electron chi connectivity index (χ1n) is 9.01. The molecular formula is C21H27IN2O3S. The van der Waals surface area contributed by atoms with Gasteiger partial charge < -0.3 is 5.32 Å². The minimum Gasteiger partial charge on any atom is -0.348 e. The zero-order valence-electron chi connectivity index (χ0n) is 16.9. The van der Waals surface area contributed by atoms with Gasteiger partial charge in [0.25, 0.3) is 0 Å². The van der Waals surface area contributed by atoms with Gasteiger partial charge in [0.2, 0.25) is 15.9 Å². The highest BCUT2D eigenvalue weighted by Gasteiger charge is 2.22. The van der Waals surface area contributed by atoms with Crippen LogP contribution in [0.3, 0.4) is 0 Å². The second kappa shape index (κ2) is 8.82. The highest BCUT2D eigenvalue weighted by molar-refractivity contribution is 14.1. The summed E-state index contributed by atoms with van der Waals surface area (Å²) in [4.78, 5) is 12.5. The van der Waals surface area contributed by atoms with Crippen molar-refractivity contribution in [3.05, 3.63) is 63.2 Å². The Kier molecular flexibility index (Phi) is 7.14. The van der Waals surface area contributed by atoms with Crippen molar-refractivity contribution in [3.8, 4) is 0 Å². The van der Waals surface area contributed by atoms with E-state index in [4.69, 9.17) is 0 Å². The minimum atomic E-state index is -3.58. The topological polar surface area (TPSA) is 66.5 Å². The van der Waals surface area contributed by atoms with Crippen molar-refractivity contribution in [3.63, 3.8) is 0 Å². The van der Waals surface area contributed by atoms with Crippen LogP contribution in [0.4, 0.5) is 5.69 Å². The van der Waals surface area contributed by atoms with E-state index in [1.165, 1.54) is 5.56 Å². The molecule has 152 valence electrons. The molecule has 2 aromatic rings. The number of benzene rings is 2. The summed E-state index contributed by atoms with van der Waals surface area (Å²) in [7, 11) is -3.58. The van der Waals surface area contributed by atoms with Crippen LogP contribution in [0.15, 0.2) is 48.5 Å². The van der Waals surface area contributed by atoms with Gasteiger partial charge in [0.1, 0.15) is 6.54 Å². The molecule has 5 nitrogen and oxygen atoms in total. The van der Waals surface area contributed by atoms with E-state index < -0.39 is 10.0 Å². The van der Waals surface area contributed by atoms with Crippen molar-refractivity contribution in [2.24, 2.45) is 0 Å². The number of nitrogens with one attached hydrogen (secondary N) is 1. The van der Waals surface area contributed by atoms with Crippen LogP contribution in [0, 0.1) is 3.57 Å². The molecule has 7 heteroatoms. The molecule has 1 amide bonds. The number of anilines is 1. The van der Waals surface area contributed by atoms with Gasteiger partial charge in [-0.3, -0.25) is 9.10 Å². The lowest BCUT2D eigenvalue weighted by atomic mass is 9.86. The van der Waals surface area contributed by atoms with Crippen molar-refractivity contribution in [1.82, 2.24) is 5.32 Å². The number of hydrogen-bond donors (Lipinski definition) is 1. The van der Waals surface area contributed by atoms with Crippen LogP contribution in [-0.2, 0) is 20.2 Å². The first-order chi connectivity index (χ1) is 12.9. The number of amides is 1. The number of hydrogen-bond acceptors (Lipinski definition) is 3. The number of sulfonamides is 1. The van der Waals surface area contributed by atoms with Gasteiger partial charge >= 0.3 is 0 Å². The van der Waals surface area contributed by atoms with Gasteiger partial charge in [-0.1, -0.05) is 45.0 Å². The van der Waals surface area contributed by atoms with Crippen LogP contribution in [0.1, 0.15) is 44.9 Å². The van der Waals surface area contributed by atoms with Gasteiger partial charge in [0, 0.05) is 3.57 Å². The van der Waals surface area contributed by atoms with Crippen molar-refractivity contribution >= 4 is 44.2 Å². The molecule has 0 aromatic heterocycles. The molecule has 0 spiro atoms. The summed E-state index contributed by atoms with van der Waals surface area (Å²) < 4.78 is 26.5. The van der Waals surface area contributed by atoms with Gasteiger partial charge in [0.05, 0.1) is 18.0 Å². The molecule has 28 heavy (non-hydrogen) atoms. The number of rotatable bonds is 6. The number of halogens is 1. The molecule has 0 radical (unpaired) electrons. The SMILES string of the molecule is CC(NC(=O)CN(c1ccc(I)cc1)S(C)(=O)=O)c1ccc(C(C)(C)C)cc1. The third-order valence-corrected chi connectivity index (χ3v) is 6.32. The van der Waals surface area contributed by atoms with E-state index in [1.807, 2.05) is 31.2 Å². The lowest BCUT2D eigenvalue weighted by molar-refractivity contribution is -0.120. The largest absolute Gasteiger partial charge is 0.348 e. The van der Waals surface area contributed by atoms with Crippen LogP contribution in [0.25, 0.3) is 0 Å². The summed E-state index contributed by atoms with van der Waals surface area (Å²) in [5, 5.41) is 2.89. The van der Waals surface area contributed by atoms with Gasteiger partial charge in [-0.25, -0.2) is 8.42 Å². The summed E-state index contributed by atoms with van der Waals surface area (Å²) in [5.74, 6) is -0.351. The van der Waals surface area contributed by atoms with Crippen molar-refractivity contribution < 1.29 is 13.2 Å². The summed E-state index contributed by atoms with van der Waals surface area (Å²) in [5.41, 5.74) is 2.73. The fraction of sp³-hybridized carbons (Fsp3) is 0.381. The predicted octanol–water partition coefficient (Wildman–Crippen LogP) is 4.23. The average Bonchev–Trinajstić information content (AvgIpc) is 2.59. The van der Waals surface area contributed by atoms with E-state index in [-0.39, 0.29) is 23.9 Å². The van der Waals surface area contributed by atoms with Crippen molar-refractivity contribution in [2.75, 3.05) is 17.1 Å². The summed E-state index contributed by atoms with van der Waals surface area (Å²) >= 11 is 2.15. The Balaban J connectivity index is 2.11. The molecule has 1 N–H and O–H groups in total. The molecule has 0 aliphatic carbocycles. The maximum atomic E-state index is 12.5. The summed E-state index contributed by atoms with van der Waals surface area (Å²) in [6.07, 6.45) is 1.10. The molecule has 0 aliphatic rings. The molecule has 2 aromatic carbocycles. The highest BCUT2D eigenvalue weighted by atomic mass is 127. The van der Waals surface area contributed by atoms with E-state index in [2.05, 4.69) is 60.8 Å². The Morgan fingerprint density at radius 3 is 2.07 bits per heavy atom. The third-order valence-electron chi connectivity index (χ3n) is 4.46. The predicted molar refractivity (Wildman–Crippen MR) is 123 cm³/mol. The monoisotopic (exact) mass is 514 g/mol. The number of nitrogens with zero attached hydrogens (tertiary/aromatic N) is 1. The van der Waals surface area contributed by atoms with Crippen molar-refractivity contribution in [2.45, 2.75) is 39.2 Å². The van der Waals surface area contributed by atoms with Crippen LogP contribution in [-0.4, -0.2) is 27.1 Å². The second-order valence-corrected chi connectivity index (χ2v) is 11.1. The number of carbonyl (C=O) groups excluding carboxylic acids is 1. The van der Waals surface area contributed by atoms with Gasteiger partial charge in [-0.15, -0.1) is 0 Å². The smallest absolute Gasteiger partial charge is 0.241 e. The van der Waals surface area contributed by atoms with Crippen LogP contribution in [0.2, 0.25) is 0 Å². The Hall–Kier alpha value is -1.61. The minimum absolute atomic E-state index is 0.0640. The van der Waals surface area contributed by atoms with Gasteiger partial charge in [-0.05, 0) is 70.3 Å². The molecule has 0 aliphatic heterocycles. The Morgan fingerprint density at radius 1 is 1.07 bits per heavy atom. The van der Waals surface area contributed by atoms with E-state index >= 15 is 0 Å². The quantitative estimate of drug-likeness (QED) is 0.587. The molecule has 0 saturated carbocycles. The molecule has 0 bridgehead atoms. The maximum Gasteiger partial charge on any atom is 0.241 e. The van der Waals surface area contributed by atoms with Gasteiger partial charge in [0.15, 0.2) is 0 Å². The summed E-state index contributed by atoms with van der Waals surface area (Å²) in [6, 6.07) is 14.9. The fourth-order valence-electron chi connectivity index (χ4n) is 2.78. The molecular weight excluding hydrogens is 487 g/mol. The van der Waals surface area contributed by atoms with E-state index in [1.54, 1.807) is 12.1 Å². The Morgan fingerprint density at radius 2 is 1.61 bits per heavy atom. The molecule has 0 heterocycles. The van der Waals surface area contributed by atoms with Crippen LogP contribution in [0.5, 0.6) is 0 Å². The summed E-state index contributed by atoms with van der Waals surface area (Å²) in [6.45, 7) is 8.08. The fourth-order valence-corrected chi connectivity index (χ4v) is 4.00. The molecule has 1 unspecified atom stereocenters. The lowest BCUT2D eigenvalue weighted by Crippen LogP contribution is -2.41. The highest BCUT2D eigenvalue weighted by Crippen LogP contribution is 2.24. The lowest BCUT2D eigenvalue weighted by Gasteiger charge is -2.24. The third kappa shape index (κ3) is 6.20. The average molecular weight is 514 g/mol. The zero-order chi connectivity index (χ0) is 21.1. The normalized spacial score (nSPS) is 13.1. The zero-order valence-corrected chi connectivity index (χ0v) is 19.8. The van der Waals surface area contributed by atoms with E-state index in [0.29, 0.717) is 5.69 Å². The van der Waals surface area contributed by atoms with Crippen LogP contribution < -0.4 is 9.62 Å². The molecule has 2 rings (SSSR count). The second-order valence-electron chi connectivity index (χ2n) is 7.91. The van der Waals surface area contributed by atoms with Crippen molar-refractivity contribution in [1.29, 1.82) is 0 Å². The Labute approximate surface area is 181 Å². The first kappa shape index (κ1) is 22.7. The number of carbonyl (C=O) groups is 1. The Bertz CT molecular complexity index is 918.